The maximum Gasteiger partial charge on any atom is 0.161 e. The van der Waals surface area contributed by atoms with Crippen LogP contribution >= 0.6 is 0 Å². The molecule has 0 aliphatic rings. The lowest BCUT2D eigenvalue weighted by atomic mass is 10.2. The lowest BCUT2D eigenvalue weighted by molar-refractivity contribution is 0.399. The highest BCUT2D eigenvalue weighted by atomic mass is 16.3. The number of phenols is 2. The molecule has 0 spiro atoms. The SMILES string of the molecule is CC.NCc1cccc(O)c1O. The maximum absolute atomic E-state index is 9.07. The van der Waals surface area contributed by atoms with Crippen LogP contribution in [-0.4, -0.2) is 10.2 Å². The fraction of sp³-hybridized carbons (Fsp3) is 0.333. The van der Waals surface area contributed by atoms with E-state index in [0.717, 1.165) is 0 Å². The molecule has 1 rings (SSSR count). The molecule has 3 nitrogen and oxygen atoms in total. The third kappa shape index (κ3) is 2.43. The van der Waals surface area contributed by atoms with Crippen molar-refractivity contribution in [1.29, 1.82) is 0 Å². The molecule has 0 heterocycles. The van der Waals surface area contributed by atoms with Crippen LogP contribution in [0.5, 0.6) is 11.5 Å². The Labute approximate surface area is 72.5 Å². The third-order valence-electron chi connectivity index (χ3n) is 1.32. The van der Waals surface area contributed by atoms with E-state index in [4.69, 9.17) is 15.9 Å². The van der Waals surface area contributed by atoms with Crippen LogP contribution in [0.15, 0.2) is 18.2 Å². The molecule has 0 bridgehead atoms. The summed E-state index contributed by atoms with van der Waals surface area (Å²) in [5, 5.41) is 18.0. The minimum absolute atomic E-state index is 0.120. The Kier molecular flexibility index (Phi) is 4.88. The van der Waals surface area contributed by atoms with Gasteiger partial charge < -0.3 is 15.9 Å². The largest absolute Gasteiger partial charge is 0.504 e. The summed E-state index contributed by atoms with van der Waals surface area (Å²) in [4.78, 5) is 0. The Morgan fingerprint density at radius 3 is 2.25 bits per heavy atom. The van der Waals surface area contributed by atoms with E-state index in [-0.39, 0.29) is 18.0 Å². The first-order valence-corrected chi connectivity index (χ1v) is 3.95. The van der Waals surface area contributed by atoms with Crippen molar-refractivity contribution >= 4 is 0 Å². The molecular weight excluding hydrogens is 154 g/mol. The molecular formula is C9H15NO2. The monoisotopic (exact) mass is 169 g/mol. The van der Waals surface area contributed by atoms with Crippen LogP contribution in [0.1, 0.15) is 19.4 Å². The number of hydrogen-bond donors (Lipinski definition) is 3. The lowest BCUT2D eigenvalue weighted by Crippen LogP contribution is -1.95. The van der Waals surface area contributed by atoms with E-state index in [1.54, 1.807) is 12.1 Å². The molecule has 0 atom stereocenters. The summed E-state index contributed by atoms with van der Waals surface area (Å²) in [6.45, 7) is 4.24. The van der Waals surface area contributed by atoms with Crippen LogP contribution in [0.3, 0.4) is 0 Å². The molecule has 0 saturated heterocycles. The second kappa shape index (κ2) is 5.43. The number of aromatic hydroxyl groups is 2. The summed E-state index contributed by atoms with van der Waals surface area (Å²) in [6, 6.07) is 4.71. The van der Waals surface area contributed by atoms with Gasteiger partial charge in [-0.1, -0.05) is 26.0 Å². The molecule has 3 heteroatoms. The summed E-state index contributed by atoms with van der Waals surface area (Å²) in [6.07, 6.45) is 0. The lowest BCUT2D eigenvalue weighted by Gasteiger charge is -2.01. The second-order valence-corrected chi connectivity index (χ2v) is 1.99. The topological polar surface area (TPSA) is 66.5 Å². The first kappa shape index (κ1) is 10.8. The highest BCUT2D eigenvalue weighted by Crippen LogP contribution is 2.27. The van der Waals surface area contributed by atoms with E-state index < -0.39 is 0 Å². The Balaban J connectivity index is 0.000000561. The smallest absolute Gasteiger partial charge is 0.161 e. The van der Waals surface area contributed by atoms with Gasteiger partial charge >= 0.3 is 0 Å². The Bertz CT molecular complexity index is 236. The number of phenolic OH excluding ortho intramolecular Hbond substituents is 2. The summed E-state index contributed by atoms with van der Waals surface area (Å²) < 4.78 is 0. The molecule has 1 aromatic carbocycles. The van der Waals surface area contributed by atoms with Crippen molar-refractivity contribution in [2.45, 2.75) is 20.4 Å². The van der Waals surface area contributed by atoms with E-state index in [9.17, 15) is 0 Å². The molecule has 0 fully saturated rings. The van der Waals surface area contributed by atoms with Crippen LogP contribution in [-0.2, 0) is 6.54 Å². The first-order chi connectivity index (χ1) is 5.75. The van der Waals surface area contributed by atoms with Crippen molar-refractivity contribution < 1.29 is 10.2 Å². The molecule has 0 saturated carbocycles. The van der Waals surface area contributed by atoms with Gasteiger partial charge in [0.15, 0.2) is 11.5 Å². The number of benzene rings is 1. The van der Waals surface area contributed by atoms with Gasteiger partial charge in [-0.25, -0.2) is 0 Å². The standard InChI is InChI=1S/C7H9NO2.C2H6/c8-4-5-2-1-3-6(9)7(5)10;1-2/h1-3,9-10H,4,8H2;1-2H3. The predicted octanol–water partition coefficient (Wildman–Crippen LogP) is 1.58. The van der Waals surface area contributed by atoms with Crippen LogP contribution in [0.2, 0.25) is 0 Å². The molecule has 0 amide bonds. The van der Waals surface area contributed by atoms with E-state index >= 15 is 0 Å². The normalized spacial score (nSPS) is 8.58. The quantitative estimate of drug-likeness (QED) is 0.559. The van der Waals surface area contributed by atoms with E-state index in [2.05, 4.69) is 0 Å². The fourth-order valence-electron chi connectivity index (χ4n) is 0.742. The molecule has 0 unspecified atom stereocenters. The average molecular weight is 169 g/mol. The minimum atomic E-state index is -0.122. The van der Waals surface area contributed by atoms with Gasteiger partial charge in [-0.2, -0.15) is 0 Å². The van der Waals surface area contributed by atoms with Crippen LogP contribution in [0.4, 0.5) is 0 Å². The van der Waals surface area contributed by atoms with E-state index in [1.165, 1.54) is 6.07 Å². The first-order valence-electron chi connectivity index (χ1n) is 3.95. The maximum atomic E-state index is 9.07. The van der Waals surface area contributed by atoms with Crippen molar-refractivity contribution in [2.24, 2.45) is 5.73 Å². The third-order valence-corrected chi connectivity index (χ3v) is 1.32. The average Bonchev–Trinajstić information content (AvgIpc) is 2.13. The van der Waals surface area contributed by atoms with Gasteiger partial charge in [-0.15, -0.1) is 0 Å². The zero-order valence-corrected chi connectivity index (χ0v) is 7.41. The number of para-hydroxylation sites is 1. The Hall–Kier alpha value is -1.22. The molecule has 68 valence electrons. The summed E-state index contributed by atoms with van der Waals surface area (Å²) in [5.41, 5.74) is 5.80. The van der Waals surface area contributed by atoms with Crippen molar-refractivity contribution in [2.75, 3.05) is 0 Å². The minimum Gasteiger partial charge on any atom is -0.504 e. The van der Waals surface area contributed by atoms with Gasteiger partial charge in [0.2, 0.25) is 0 Å². The van der Waals surface area contributed by atoms with Crippen molar-refractivity contribution in [3.05, 3.63) is 23.8 Å². The molecule has 4 N–H and O–H groups in total. The second-order valence-electron chi connectivity index (χ2n) is 1.99. The molecule has 0 aromatic heterocycles. The zero-order valence-electron chi connectivity index (χ0n) is 7.41. The Morgan fingerprint density at radius 1 is 1.25 bits per heavy atom. The van der Waals surface area contributed by atoms with Gasteiger partial charge in [0, 0.05) is 12.1 Å². The van der Waals surface area contributed by atoms with Crippen LogP contribution < -0.4 is 5.73 Å². The van der Waals surface area contributed by atoms with E-state index in [0.29, 0.717) is 5.56 Å². The molecule has 12 heavy (non-hydrogen) atoms. The van der Waals surface area contributed by atoms with Gasteiger partial charge in [0.1, 0.15) is 0 Å². The molecule has 1 aromatic rings. The van der Waals surface area contributed by atoms with Gasteiger partial charge in [0.05, 0.1) is 0 Å². The number of nitrogens with two attached hydrogens (primary N) is 1. The van der Waals surface area contributed by atoms with Crippen LogP contribution in [0.25, 0.3) is 0 Å². The summed E-state index contributed by atoms with van der Waals surface area (Å²) in [7, 11) is 0. The van der Waals surface area contributed by atoms with Crippen molar-refractivity contribution in [1.82, 2.24) is 0 Å². The van der Waals surface area contributed by atoms with Gasteiger partial charge in [0.25, 0.3) is 0 Å². The summed E-state index contributed by atoms with van der Waals surface area (Å²) >= 11 is 0. The summed E-state index contributed by atoms with van der Waals surface area (Å²) in [5.74, 6) is -0.243. The van der Waals surface area contributed by atoms with Gasteiger partial charge in [-0.05, 0) is 6.07 Å². The highest BCUT2D eigenvalue weighted by Gasteiger charge is 2.01. The number of rotatable bonds is 1. The van der Waals surface area contributed by atoms with E-state index in [1.807, 2.05) is 13.8 Å². The number of hydrogen-bond acceptors (Lipinski definition) is 3. The van der Waals surface area contributed by atoms with Crippen molar-refractivity contribution in [3.63, 3.8) is 0 Å². The highest BCUT2D eigenvalue weighted by molar-refractivity contribution is 5.43. The van der Waals surface area contributed by atoms with Crippen LogP contribution in [0, 0.1) is 0 Å². The molecule has 0 aliphatic carbocycles. The fourth-order valence-corrected chi connectivity index (χ4v) is 0.742. The van der Waals surface area contributed by atoms with Crippen molar-refractivity contribution in [3.8, 4) is 11.5 Å². The molecule has 0 aliphatic heterocycles. The van der Waals surface area contributed by atoms with Gasteiger partial charge in [-0.3, -0.25) is 0 Å². The zero-order chi connectivity index (χ0) is 9.56. The predicted molar refractivity (Wildman–Crippen MR) is 49.0 cm³/mol. The Morgan fingerprint density at radius 2 is 1.83 bits per heavy atom. The molecule has 0 radical (unpaired) electrons.